The molecule has 9 nitrogen and oxygen atoms in total. The van der Waals surface area contributed by atoms with E-state index in [0.717, 1.165) is 44.9 Å². The number of fused-ring (bicyclic) bond motifs is 1. The van der Waals surface area contributed by atoms with Crippen LogP contribution in [0.25, 0.3) is 0 Å². The van der Waals surface area contributed by atoms with Gasteiger partial charge in [0.2, 0.25) is 11.7 Å². The van der Waals surface area contributed by atoms with Crippen molar-refractivity contribution in [2.24, 2.45) is 51.6 Å². The summed E-state index contributed by atoms with van der Waals surface area (Å²) in [7, 11) is -1.18. The van der Waals surface area contributed by atoms with Crippen LogP contribution >= 0.6 is 0 Å². The van der Waals surface area contributed by atoms with Crippen molar-refractivity contribution in [1.82, 2.24) is 4.90 Å². The Balaban J connectivity index is 1.31. The van der Waals surface area contributed by atoms with E-state index in [1.807, 2.05) is 26.8 Å². The molecule has 3 aliphatic carbocycles. The zero-order valence-electron chi connectivity index (χ0n) is 28.9. The predicted octanol–water partition coefficient (Wildman–Crippen LogP) is 5.40. The number of nitrogens with two attached hydrogens (primary N) is 1. The molecule has 0 aromatic carbocycles. The van der Waals surface area contributed by atoms with E-state index in [-0.39, 0.29) is 59.4 Å². The number of rotatable bonds is 16. The molecule has 2 N–H and O–H groups in total. The smallest absolute Gasteiger partial charge is 0.285 e. The SMILES string of the molecule is CC(C)(C)[C@H](CC(=O)CC1(CS(=O)Cc2ccco2)CCCCC1)C(=O)N1CC2[C@@H]([C@H]1C(=O)CC(CC1CC1)C(=O)C(N)=O)C2(C)C. The summed E-state index contributed by atoms with van der Waals surface area (Å²) in [6.45, 7) is 10.6. The lowest BCUT2D eigenvalue weighted by Crippen LogP contribution is -2.51. The second kappa shape index (κ2) is 13.7. The molecule has 4 aliphatic rings. The molecule has 5 rings (SSSR count). The normalized spacial score (nSPS) is 26.6. The second-order valence-corrected chi connectivity index (χ2v) is 18.3. The lowest BCUT2D eigenvalue weighted by molar-refractivity contribution is -0.148. The van der Waals surface area contributed by atoms with E-state index in [1.165, 1.54) is 0 Å². The number of hydrogen-bond donors (Lipinski definition) is 1. The molecule has 6 atom stereocenters. The van der Waals surface area contributed by atoms with Crippen LogP contribution < -0.4 is 5.73 Å². The van der Waals surface area contributed by atoms with E-state index in [4.69, 9.17) is 10.2 Å². The lowest BCUT2D eigenvalue weighted by atomic mass is 9.70. The van der Waals surface area contributed by atoms with Gasteiger partial charge in [-0.15, -0.1) is 0 Å². The average molecular weight is 671 g/mol. The maximum Gasteiger partial charge on any atom is 0.285 e. The lowest BCUT2D eigenvalue weighted by Gasteiger charge is -2.39. The van der Waals surface area contributed by atoms with E-state index >= 15 is 0 Å². The Kier molecular flexibility index (Phi) is 10.4. The third-order valence-corrected chi connectivity index (χ3v) is 13.4. The van der Waals surface area contributed by atoms with Crippen LogP contribution in [0.4, 0.5) is 0 Å². The number of piperidine rings is 1. The predicted molar refractivity (Wildman–Crippen MR) is 179 cm³/mol. The van der Waals surface area contributed by atoms with Gasteiger partial charge in [-0.1, -0.05) is 66.7 Å². The minimum absolute atomic E-state index is 0.000659. The first-order valence-electron chi connectivity index (χ1n) is 17.6. The van der Waals surface area contributed by atoms with Crippen molar-refractivity contribution in [2.75, 3.05) is 12.3 Å². The number of nitrogens with zero attached hydrogens (tertiary/aromatic N) is 1. The molecule has 1 aliphatic heterocycles. The van der Waals surface area contributed by atoms with Crippen LogP contribution in [-0.4, -0.2) is 56.6 Å². The Morgan fingerprint density at radius 3 is 2.32 bits per heavy atom. The van der Waals surface area contributed by atoms with Gasteiger partial charge in [-0.25, -0.2) is 0 Å². The third kappa shape index (κ3) is 8.16. The zero-order chi connectivity index (χ0) is 34.3. The van der Waals surface area contributed by atoms with Gasteiger partial charge in [0.1, 0.15) is 11.5 Å². The summed E-state index contributed by atoms with van der Waals surface area (Å²) < 4.78 is 18.7. The summed E-state index contributed by atoms with van der Waals surface area (Å²) in [6, 6.07) is 2.92. The highest BCUT2D eigenvalue weighted by atomic mass is 32.2. The Labute approximate surface area is 282 Å². The van der Waals surface area contributed by atoms with Gasteiger partial charge >= 0.3 is 0 Å². The number of amides is 2. The van der Waals surface area contributed by atoms with Gasteiger partial charge < -0.3 is 15.1 Å². The van der Waals surface area contributed by atoms with Crippen molar-refractivity contribution in [3.63, 3.8) is 0 Å². The van der Waals surface area contributed by atoms with Crippen LogP contribution in [0, 0.1) is 45.8 Å². The molecule has 3 saturated carbocycles. The van der Waals surface area contributed by atoms with Crippen LogP contribution in [0.5, 0.6) is 0 Å². The van der Waals surface area contributed by atoms with Gasteiger partial charge in [-0.2, -0.15) is 0 Å². The third-order valence-electron chi connectivity index (χ3n) is 11.8. The molecular weight excluding hydrogens is 616 g/mol. The first-order valence-corrected chi connectivity index (χ1v) is 19.1. The fraction of sp³-hybridized carbons (Fsp3) is 0.757. The molecule has 47 heavy (non-hydrogen) atoms. The Bertz CT molecular complexity index is 1380. The standard InChI is InChI=1S/C37H54N2O7S/c1-35(2,3)27(18-25(40)19-37(13-7-6-8-14-37)22-47(45)21-26-10-9-15-46-26)34(44)39-20-28-30(36(28,4)5)31(39)29(41)17-24(16-23-11-12-23)32(42)33(38)43/h9-10,15,23-24,27-28,30-31H,6-8,11-14,16-22H2,1-5H3,(H2,38,43)/t24?,27-,28?,30+,31-,47?/m1/s1. The molecule has 1 aromatic rings. The van der Waals surface area contributed by atoms with Gasteiger partial charge in [-0.3, -0.25) is 28.2 Å². The highest BCUT2D eigenvalue weighted by molar-refractivity contribution is 7.84. The van der Waals surface area contributed by atoms with E-state index < -0.39 is 45.8 Å². The van der Waals surface area contributed by atoms with E-state index in [0.29, 0.717) is 36.1 Å². The number of hydrogen-bond acceptors (Lipinski definition) is 7. The first kappa shape index (κ1) is 35.7. The minimum atomic E-state index is -1.18. The molecule has 1 aromatic heterocycles. The zero-order valence-corrected chi connectivity index (χ0v) is 29.7. The number of primary amides is 1. The summed E-state index contributed by atoms with van der Waals surface area (Å²) in [5.74, 6) is -1.57. The second-order valence-electron chi connectivity index (χ2n) is 16.9. The monoisotopic (exact) mass is 670 g/mol. The Morgan fingerprint density at radius 2 is 1.74 bits per heavy atom. The van der Waals surface area contributed by atoms with Crippen molar-refractivity contribution in [3.05, 3.63) is 24.2 Å². The molecule has 4 fully saturated rings. The fourth-order valence-corrected chi connectivity index (χ4v) is 10.4. The fourth-order valence-electron chi connectivity index (χ4n) is 8.79. The molecule has 0 bridgehead atoms. The summed E-state index contributed by atoms with van der Waals surface area (Å²) in [6.07, 6.45) is 9.01. The molecule has 0 spiro atoms. The van der Waals surface area contributed by atoms with Crippen molar-refractivity contribution in [3.8, 4) is 0 Å². The summed E-state index contributed by atoms with van der Waals surface area (Å²) >= 11 is 0. The summed E-state index contributed by atoms with van der Waals surface area (Å²) in [5, 5.41) is 0. The number of carbonyl (C=O) groups is 5. The molecule has 2 amide bonds. The van der Waals surface area contributed by atoms with E-state index in [2.05, 4.69) is 13.8 Å². The van der Waals surface area contributed by atoms with E-state index in [1.54, 1.807) is 17.2 Å². The number of Topliss-reactive ketones (excluding diaryl/α,β-unsaturated/α-hetero) is 3. The summed E-state index contributed by atoms with van der Waals surface area (Å²) in [4.78, 5) is 68.7. The molecule has 1 saturated heterocycles. The van der Waals surface area contributed by atoms with Gasteiger partial charge in [0.25, 0.3) is 5.91 Å². The van der Waals surface area contributed by atoms with Crippen molar-refractivity contribution < 1.29 is 32.6 Å². The largest absolute Gasteiger partial charge is 0.468 e. The van der Waals surface area contributed by atoms with Crippen molar-refractivity contribution in [2.45, 2.75) is 117 Å². The highest BCUT2D eigenvalue weighted by Gasteiger charge is 2.69. The molecule has 2 heterocycles. The molecule has 0 radical (unpaired) electrons. The van der Waals surface area contributed by atoms with Gasteiger partial charge in [-0.05, 0) is 65.4 Å². The van der Waals surface area contributed by atoms with Gasteiger partial charge in [0, 0.05) is 54.2 Å². The van der Waals surface area contributed by atoms with Crippen LogP contribution in [0.1, 0.15) is 111 Å². The van der Waals surface area contributed by atoms with Crippen molar-refractivity contribution in [1.29, 1.82) is 0 Å². The average Bonchev–Trinajstić information content (AvgIpc) is 3.70. The number of carbonyl (C=O) groups excluding carboxylic acids is 5. The quantitative estimate of drug-likeness (QED) is 0.232. The van der Waals surface area contributed by atoms with E-state index in [9.17, 15) is 28.2 Å². The van der Waals surface area contributed by atoms with Gasteiger partial charge in [0.05, 0.1) is 18.1 Å². The van der Waals surface area contributed by atoms with Crippen LogP contribution in [0.2, 0.25) is 0 Å². The van der Waals surface area contributed by atoms with Gasteiger partial charge in [0.15, 0.2) is 5.78 Å². The number of furan rings is 1. The maximum atomic E-state index is 14.5. The van der Waals surface area contributed by atoms with Crippen LogP contribution in [0.15, 0.2) is 22.8 Å². The molecule has 3 unspecified atom stereocenters. The number of ketones is 3. The minimum Gasteiger partial charge on any atom is -0.468 e. The van der Waals surface area contributed by atoms with Crippen LogP contribution in [-0.2, 0) is 40.5 Å². The maximum absolute atomic E-state index is 14.5. The highest BCUT2D eigenvalue weighted by Crippen LogP contribution is 2.65. The Hall–Kier alpha value is -2.62. The molecular formula is C37H54N2O7S. The topological polar surface area (TPSA) is 145 Å². The molecule has 260 valence electrons. The first-order chi connectivity index (χ1) is 22.0. The van der Waals surface area contributed by atoms with Crippen molar-refractivity contribution >= 4 is 40.0 Å². The van der Waals surface area contributed by atoms with Crippen LogP contribution in [0.3, 0.4) is 0 Å². The molecule has 10 heteroatoms. The Morgan fingerprint density at radius 1 is 1.06 bits per heavy atom. The summed E-state index contributed by atoms with van der Waals surface area (Å²) in [5.41, 5.74) is 4.35. The number of likely N-dealkylation sites (tertiary alicyclic amines) is 1.